The highest BCUT2D eigenvalue weighted by molar-refractivity contribution is 9.09. The SMILES string of the molecule is COc1cccc(C(c2ccccn2)N(CC2CCN(CCOc3ccccc3F)CC2)C(C)C)c1.COc1cccc(C(c2ccccn2)N(CC2CCNCC2)C(C)C)c1.Cl.Fc1ccccc1OCCBr. The second-order valence-corrected chi connectivity index (χ2v) is 20.0. The third-order valence-corrected chi connectivity index (χ3v) is 13.8. The van der Waals surface area contributed by atoms with E-state index in [-0.39, 0.29) is 36.1 Å². The number of likely N-dealkylation sites (tertiary alicyclic amines) is 1. The lowest BCUT2D eigenvalue weighted by Crippen LogP contribution is -2.43. The molecular formula is C60H78BrClF2N6O4. The summed E-state index contributed by atoms with van der Waals surface area (Å²) in [4.78, 5) is 17.1. The second-order valence-electron chi connectivity index (χ2n) is 19.2. The van der Waals surface area contributed by atoms with Crippen molar-refractivity contribution in [3.63, 3.8) is 0 Å². The molecule has 400 valence electrons. The molecule has 0 amide bonds. The minimum absolute atomic E-state index is 0. The average molecular weight is 1100 g/mol. The monoisotopic (exact) mass is 1100 g/mol. The standard InChI is InChI=1S/C30H38FN3O2.C22H31N3O.C8H8BrFO.ClH/c1-23(2)34(30(28-12-6-7-16-32-28)25-9-8-10-26(21-25)35-3)22-24-14-17-33(18-15-24)19-20-36-29-13-5-4-11-27(29)31;1-17(2)25(16-18-10-13-23-14-11-18)22(21-9-4-5-12-24-21)19-7-6-8-20(15-19)26-3;9-5-6-11-8-4-2-1-3-7(8)10;/h4-13,16,21,23-24,30H,14-15,17-20,22H2,1-3H3;4-9,12,15,17-18,22-23H,10-11,13-14,16H2,1-3H3;1-4H,5-6H2;1H. The number of ether oxygens (including phenoxy) is 4. The maximum absolute atomic E-state index is 13.8. The topological polar surface area (TPSA) is 84.5 Å². The molecule has 10 nitrogen and oxygen atoms in total. The van der Waals surface area contributed by atoms with E-state index in [1.54, 1.807) is 50.6 Å². The van der Waals surface area contributed by atoms with Gasteiger partial charge in [-0.2, -0.15) is 0 Å². The lowest BCUT2D eigenvalue weighted by molar-refractivity contribution is 0.0979. The Morgan fingerprint density at radius 3 is 1.46 bits per heavy atom. The predicted octanol–water partition coefficient (Wildman–Crippen LogP) is 12.7. The van der Waals surface area contributed by atoms with Crippen LogP contribution in [0.2, 0.25) is 0 Å². The van der Waals surface area contributed by atoms with Crippen LogP contribution in [0, 0.1) is 23.5 Å². The van der Waals surface area contributed by atoms with Crippen molar-refractivity contribution in [3.8, 4) is 23.0 Å². The normalized spacial score (nSPS) is 15.0. The molecule has 0 spiro atoms. The molecule has 1 N–H and O–H groups in total. The molecule has 0 bridgehead atoms. The Morgan fingerprint density at radius 2 is 1.04 bits per heavy atom. The fraction of sp³-hybridized carbons (Fsp3) is 0.433. The van der Waals surface area contributed by atoms with Gasteiger partial charge in [-0.1, -0.05) is 76.6 Å². The van der Waals surface area contributed by atoms with Crippen molar-refractivity contribution in [1.29, 1.82) is 0 Å². The fourth-order valence-corrected chi connectivity index (χ4v) is 9.76. The first-order chi connectivity index (χ1) is 35.6. The van der Waals surface area contributed by atoms with Crippen LogP contribution < -0.4 is 24.3 Å². The van der Waals surface area contributed by atoms with Gasteiger partial charge in [-0.3, -0.25) is 24.7 Å². The van der Waals surface area contributed by atoms with Gasteiger partial charge in [-0.25, -0.2) is 8.78 Å². The Labute approximate surface area is 454 Å². The summed E-state index contributed by atoms with van der Waals surface area (Å²) >= 11 is 3.18. The van der Waals surface area contributed by atoms with Gasteiger partial charge in [0, 0.05) is 49.4 Å². The van der Waals surface area contributed by atoms with Gasteiger partial charge in [0.2, 0.25) is 0 Å². The summed E-state index contributed by atoms with van der Waals surface area (Å²) in [6.07, 6.45) is 8.53. The van der Waals surface area contributed by atoms with Crippen molar-refractivity contribution >= 4 is 28.3 Å². The average Bonchev–Trinajstić information content (AvgIpc) is 3.42. The maximum atomic E-state index is 13.8. The van der Waals surface area contributed by atoms with Crippen LogP contribution in [-0.4, -0.2) is 115 Å². The molecule has 74 heavy (non-hydrogen) atoms. The Bertz CT molecular complexity index is 2470. The first kappa shape index (κ1) is 59.7. The van der Waals surface area contributed by atoms with E-state index in [0.717, 1.165) is 87.5 Å². The molecular weight excluding hydrogens is 1020 g/mol. The van der Waals surface area contributed by atoms with E-state index in [9.17, 15) is 8.78 Å². The van der Waals surface area contributed by atoms with Crippen LogP contribution in [0.5, 0.6) is 23.0 Å². The summed E-state index contributed by atoms with van der Waals surface area (Å²) in [5.74, 6) is 3.13. The lowest BCUT2D eigenvalue weighted by Gasteiger charge is -2.40. The minimum Gasteiger partial charge on any atom is -0.497 e. The largest absolute Gasteiger partial charge is 0.497 e. The van der Waals surface area contributed by atoms with Crippen LogP contribution in [0.25, 0.3) is 0 Å². The number of pyridine rings is 2. The van der Waals surface area contributed by atoms with E-state index in [4.69, 9.17) is 28.9 Å². The van der Waals surface area contributed by atoms with Crippen molar-refractivity contribution in [2.24, 2.45) is 11.8 Å². The number of alkyl halides is 1. The molecule has 14 heteroatoms. The zero-order valence-electron chi connectivity index (χ0n) is 44.1. The second kappa shape index (κ2) is 32.3. The molecule has 6 aromatic rings. The molecule has 2 fully saturated rings. The van der Waals surface area contributed by atoms with E-state index in [1.165, 1.54) is 36.1 Å². The summed E-state index contributed by atoms with van der Waals surface area (Å²) in [6.45, 7) is 17.3. The van der Waals surface area contributed by atoms with Gasteiger partial charge in [-0.15, -0.1) is 12.4 Å². The molecule has 0 radical (unpaired) electrons. The summed E-state index contributed by atoms with van der Waals surface area (Å²) in [5, 5.41) is 4.19. The number of nitrogens with one attached hydrogen (secondary N) is 1. The highest BCUT2D eigenvalue weighted by Gasteiger charge is 2.31. The van der Waals surface area contributed by atoms with Crippen LogP contribution in [0.4, 0.5) is 8.78 Å². The number of hydrogen-bond donors (Lipinski definition) is 1. The molecule has 4 heterocycles. The van der Waals surface area contributed by atoms with Crippen LogP contribution in [0.1, 0.15) is 88.0 Å². The number of aromatic nitrogens is 2. The van der Waals surface area contributed by atoms with Crippen molar-refractivity contribution in [2.75, 3.05) is 78.6 Å². The summed E-state index contributed by atoms with van der Waals surface area (Å²) in [7, 11) is 3.44. The van der Waals surface area contributed by atoms with Gasteiger partial charge >= 0.3 is 0 Å². The number of hydrogen-bond acceptors (Lipinski definition) is 10. The van der Waals surface area contributed by atoms with Crippen LogP contribution in [0.3, 0.4) is 0 Å². The Hall–Kier alpha value is -5.15. The van der Waals surface area contributed by atoms with Crippen LogP contribution in [-0.2, 0) is 0 Å². The number of benzene rings is 4. The van der Waals surface area contributed by atoms with E-state index < -0.39 is 0 Å². The minimum atomic E-state index is -0.312. The number of nitrogens with zero attached hydrogens (tertiary/aromatic N) is 5. The molecule has 8 rings (SSSR count). The van der Waals surface area contributed by atoms with Crippen molar-refractivity contribution < 1.29 is 27.7 Å². The zero-order valence-corrected chi connectivity index (χ0v) is 46.5. The van der Waals surface area contributed by atoms with Gasteiger partial charge in [0.05, 0.1) is 44.3 Å². The highest BCUT2D eigenvalue weighted by atomic mass is 79.9. The first-order valence-corrected chi connectivity index (χ1v) is 27.1. The van der Waals surface area contributed by atoms with Crippen LogP contribution >= 0.6 is 28.3 Å². The van der Waals surface area contributed by atoms with Gasteiger partial charge in [-0.05, 0) is 175 Å². The number of methoxy groups -OCH3 is 2. The Kier molecular flexibility index (Phi) is 26.1. The smallest absolute Gasteiger partial charge is 0.165 e. The molecule has 2 aliphatic rings. The molecule has 0 aliphatic carbocycles. The lowest BCUT2D eigenvalue weighted by atomic mass is 9.92. The van der Waals surface area contributed by atoms with E-state index in [2.05, 4.69) is 124 Å². The summed E-state index contributed by atoms with van der Waals surface area (Å²) < 4.78 is 48.3. The van der Waals surface area contributed by atoms with E-state index in [1.807, 2.05) is 36.7 Å². The number of para-hydroxylation sites is 2. The fourth-order valence-electron chi connectivity index (χ4n) is 9.60. The zero-order chi connectivity index (χ0) is 51.8. The quantitative estimate of drug-likeness (QED) is 0.0704. The molecule has 2 aliphatic heterocycles. The molecule has 2 aromatic heterocycles. The number of rotatable bonds is 21. The summed E-state index contributed by atoms with van der Waals surface area (Å²) in [6, 6.07) is 43.1. The molecule has 4 aromatic carbocycles. The number of piperidine rings is 2. The number of halogens is 4. The van der Waals surface area contributed by atoms with E-state index in [0.29, 0.717) is 48.0 Å². The summed E-state index contributed by atoms with van der Waals surface area (Å²) in [5.41, 5.74) is 4.60. The molecule has 0 saturated carbocycles. The molecule has 2 saturated heterocycles. The van der Waals surface area contributed by atoms with Gasteiger partial charge in [0.1, 0.15) is 18.1 Å². The van der Waals surface area contributed by atoms with Gasteiger partial charge in [0.25, 0.3) is 0 Å². The predicted molar refractivity (Wildman–Crippen MR) is 301 cm³/mol. The Morgan fingerprint density at radius 1 is 0.595 bits per heavy atom. The van der Waals surface area contributed by atoms with Gasteiger partial charge < -0.3 is 24.3 Å². The molecule has 2 atom stereocenters. The third kappa shape index (κ3) is 18.6. The highest BCUT2D eigenvalue weighted by Crippen LogP contribution is 2.35. The third-order valence-electron chi connectivity index (χ3n) is 13.5. The Balaban J connectivity index is 0.000000232. The van der Waals surface area contributed by atoms with E-state index >= 15 is 0 Å². The van der Waals surface area contributed by atoms with Crippen molar-refractivity contribution in [3.05, 3.63) is 180 Å². The van der Waals surface area contributed by atoms with Crippen LogP contribution in [0.15, 0.2) is 146 Å². The van der Waals surface area contributed by atoms with Crippen molar-refractivity contribution in [1.82, 2.24) is 30.0 Å². The van der Waals surface area contributed by atoms with Gasteiger partial charge in [0.15, 0.2) is 23.1 Å². The van der Waals surface area contributed by atoms with Crippen molar-refractivity contribution in [2.45, 2.75) is 77.5 Å². The first-order valence-electron chi connectivity index (χ1n) is 25.9. The maximum Gasteiger partial charge on any atom is 0.165 e. The molecule has 2 unspecified atom stereocenters.